The molecule has 0 spiro atoms. The first-order chi connectivity index (χ1) is 14.0. The Morgan fingerprint density at radius 1 is 1.00 bits per heavy atom. The lowest BCUT2D eigenvalue weighted by molar-refractivity contribution is 0.418. The van der Waals surface area contributed by atoms with Crippen LogP contribution >= 0.6 is 0 Å². The molecule has 2 aromatic heterocycles. The van der Waals surface area contributed by atoms with E-state index in [2.05, 4.69) is 14.7 Å². The number of methoxy groups -OCH3 is 1. The van der Waals surface area contributed by atoms with Gasteiger partial charge >= 0.3 is 0 Å². The molecule has 0 bridgehead atoms. The first-order valence-corrected chi connectivity index (χ1v) is 10.5. The number of fused-ring (bicyclic) bond motifs is 1. The van der Waals surface area contributed by atoms with Crippen LogP contribution in [-0.4, -0.2) is 30.1 Å². The SMILES string of the molecule is COc1ccc(S(=O)(=O)N[C@H](c2ccccc2)c2nccn2C)c2cccnc12. The number of rotatable bonds is 6. The molecule has 8 heteroatoms. The third-order valence-electron chi connectivity index (χ3n) is 4.72. The van der Waals surface area contributed by atoms with Crippen molar-refractivity contribution in [3.8, 4) is 5.75 Å². The molecular weight excluding hydrogens is 388 g/mol. The summed E-state index contributed by atoms with van der Waals surface area (Å²) in [5, 5.41) is 0.492. The summed E-state index contributed by atoms with van der Waals surface area (Å²) >= 11 is 0. The van der Waals surface area contributed by atoms with Gasteiger partial charge < -0.3 is 9.30 Å². The minimum Gasteiger partial charge on any atom is -0.494 e. The molecule has 0 radical (unpaired) electrons. The normalized spacial score (nSPS) is 12.8. The number of aryl methyl sites for hydroxylation is 1. The number of aromatic nitrogens is 3. The molecule has 4 rings (SSSR count). The summed E-state index contributed by atoms with van der Waals surface area (Å²) in [5.41, 5.74) is 1.28. The van der Waals surface area contributed by atoms with E-state index in [1.807, 2.05) is 37.4 Å². The molecule has 0 amide bonds. The van der Waals surface area contributed by atoms with Crippen LogP contribution in [0.5, 0.6) is 5.75 Å². The molecule has 148 valence electrons. The topological polar surface area (TPSA) is 86.1 Å². The van der Waals surface area contributed by atoms with Gasteiger partial charge in [-0.25, -0.2) is 13.4 Å². The summed E-state index contributed by atoms with van der Waals surface area (Å²) in [4.78, 5) is 8.79. The van der Waals surface area contributed by atoms with Gasteiger partial charge in [-0.3, -0.25) is 4.98 Å². The van der Waals surface area contributed by atoms with E-state index in [0.717, 1.165) is 5.56 Å². The second-order valence-electron chi connectivity index (χ2n) is 6.53. The molecule has 4 aromatic rings. The number of imidazole rings is 1. The maximum absolute atomic E-state index is 13.4. The highest BCUT2D eigenvalue weighted by atomic mass is 32.2. The van der Waals surface area contributed by atoms with Gasteiger partial charge in [0.25, 0.3) is 0 Å². The molecule has 0 aliphatic carbocycles. The molecule has 1 N–H and O–H groups in total. The molecule has 29 heavy (non-hydrogen) atoms. The Kier molecular flexibility index (Phi) is 5.04. The highest BCUT2D eigenvalue weighted by molar-refractivity contribution is 7.89. The monoisotopic (exact) mass is 408 g/mol. The first kappa shape index (κ1) is 19.1. The van der Waals surface area contributed by atoms with Crippen molar-refractivity contribution in [3.63, 3.8) is 0 Å². The molecule has 7 nitrogen and oxygen atoms in total. The quantitative estimate of drug-likeness (QED) is 0.530. The van der Waals surface area contributed by atoms with Crippen LogP contribution in [-0.2, 0) is 17.1 Å². The molecule has 0 fully saturated rings. The molecular formula is C21H20N4O3S. The lowest BCUT2D eigenvalue weighted by Crippen LogP contribution is -2.31. The number of nitrogens with zero attached hydrogens (tertiary/aromatic N) is 3. The van der Waals surface area contributed by atoms with Crippen molar-refractivity contribution in [3.05, 3.63) is 84.6 Å². The Morgan fingerprint density at radius 3 is 2.48 bits per heavy atom. The minimum atomic E-state index is -3.90. The number of nitrogens with one attached hydrogen (secondary N) is 1. The van der Waals surface area contributed by atoms with Crippen LogP contribution in [0.15, 0.2) is 78.1 Å². The van der Waals surface area contributed by atoms with Gasteiger partial charge in [0.1, 0.15) is 23.1 Å². The van der Waals surface area contributed by atoms with Crippen LogP contribution in [0.3, 0.4) is 0 Å². The summed E-state index contributed by atoms with van der Waals surface area (Å²) in [6, 6.07) is 15.3. The zero-order valence-corrected chi connectivity index (χ0v) is 16.8. The van der Waals surface area contributed by atoms with Crippen molar-refractivity contribution < 1.29 is 13.2 Å². The van der Waals surface area contributed by atoms with E-state index < -0.39 is 16.1 Å². The van der Waals surface area contributed by atoms with E-state index >= 15 is 0 Å². The van der Waals surface area contributed by atoms with Crippen molar-refractivity contribution in [1.82, 2.24) is 19.3 Å². The summed E-state index contributed by atoms with van der Waals surface area (Å²) in [7, 11) is -0.538. The van der Waals surface area contributed by atoms with E-state index in [-0.39, 0.29) is 4.90 Å². The predicted octanol–water partition coefficient (Wildman–Crippen LogP) is 3.04. The van der Waals surface area contributed by atoms with Crippen LogP contribution < -0.4 is 9.46 Å². The van der Waals surface area contributed by atoms with Gasteiger partial charge in [-0.1, -0.05) is 30.3 Å². The molecule has 2 aromatic carbocycles. The highest BCUT2D eigenvalue weighted by Crippen LogP contribution is 2.31. The summed E-state index contributed by atoms with van der Waals surface area (Å²) in [6.07, 6.45) is 5.04. The number of pyridine rings is 1. The van der Waals surface area contributed by atoms with Crippen LogP contribution in [0.2, 0.25) is 0 Å². The minimum absolute atomic E-state index is 0.136. The van der Waals surface area contributed by atoms with Gasteiger partial charge in [-0.2, -0.15) is 4.72 Å². The molecule has 0 saturated carbocycles. The second-order valence-corrected chi connectivity index (χ2v) is 8.21. The van der Waals surface area contributed by atoms with Crippen LogP contribution in [0.4, 0.5) is 0 Å². The fourth-order valence-corrected chi connectivity index (χ4v) is 4.69. The average molecular weight is 408 g/mol. The van der Waals surface area contributed by atoms with Crippen molar-refractivity contribution in [2.45, 2.75) is 10.9 Å². The number of sulfonamides is 1. The third kappa shape index (κ3) is 3.59. The molecule has 0 aliphatic heterocycles. The molecule has 2 heterocycles. The smallest absolute Gasteiger partial charge is 0.242 e. The van der Waals surface area contributed by atoms with E-state index in [4.69, 9.17) is 4.74 Å². The van der Waals surface area contributed by atoms with E-state index in [0.29, 0.717) is 22.5 Å². The van der Waals surface area contributed by atoms with Crippen molar-refractivity contribution in [2.24, 2.45) is 7.05 Å². The molecule has 0 saturated heterocycles. The third-order valence-corrected chi connectivity index (χ3v) is 6.21. The number of hydrogen-bond donors (Lipinski definition) is 1. The van der Waals surface area contributed by atoms with Gasteiger partial charge in [-0.05, 0) is 29.8 Å². The zero-order chi connectivity index (χ0) is 20.4. The predicted molar refractivity (Wildman–Crippen MR) is 110 cm³/mol. The first-order valence-electron chi connectivity index (χ1n) is 8.97. The largest absolute Gasteiger partial charge is 0.494 e. The highest BCUT2D eigenvalue weighted by Gasteiger charge is 2.27. The molecule has 0 unspecified atom stereocenters. The number of benzene rings is 2. The van der Waals surface area contributed by atoms with Crippen LogP contribution in [0, 0.1) is 0 Å². The number of hydrogen-bond acceptors (Lipinski definition) is 5. The molecule has 0 aliphatic rings. The zero-order valence-electron chi connectivity index (χ0n) is 16.0. The maximum atomic E-state index is 13.4. The Hall–Kier alpha value is -3.23. The van der Waals surface area contributed by atoms with Gasteiger partial charge in [0.15, 0.2) is 0 Å². The van der Waals surface area contributed by atoms with Crippen molar-refractivity contribution >= 4 is 20.9 Å². The Labute approximate surface area is 169 Å². The average Bonchev–Trinajstić information content (AvgIpc) is 3.17. The van der Waals surface area contributed by atoms with Gasteiger partial charge in [-0.15, -0.1) is 0 Å². The van der Waals surface area contributed by atoms with E-state index in [1.165, 1.54) is 13.2 Å². The Bertz CT molecular complexity index is 1250. The van der Waals surface area contributed by atoms with Crippen molar-refractivity contribution in [1.29, 1.82) is 0 Å². The fraction of sp³-hybridized carbons (Fsp3) is 0.143. The summed E-state index contributed by atoms with van der Waals surface area (Å²) < 4.78 is 36.8. The van der Waals surface area contributed by atoms with Crippen LogP contribution in [0.1, 0.15) is 17.4 Å². The summed E-state index contributed by atoms with van der Waals surface area (Å²) in [5.74, 6) is 1.11. The lowest BCUT2D eigenvalue weighted by atomic mass is 10.1. The fourth-order valence-electron chi connectivity index (χ4n) is 3.31. The molecule has 1 atom stereocenters. The van der Waals surface area contributed by atoms with Gasteiger partial charge in [0.05, 0.1) is 12.0 Å². The Morgan fingerprint density at radius 2 is 1.79 bits per heavy atom. The maximum Gasteiger partial charge on any atom is 0.242 e. The van der Waals surface area contributed by atoms with E-state index in [9.17, 15) is 8.42 Å². The lowest BCUT2D eigenvalue weighted by Gasteiger charge is -2.20. The van der Waals surface area contributed by atoms with Crippen LogP contribution in [0.25, 0.3) is 10.9 Å². The van der Waals surface area contributed by atoms with Gasteiger partial charge in [0, 0.05) is 31.0 Å². The Balaban J connectivity index is 1.83. The number of ether oxygens (including phenoxy) is 1. The van der Waals surface area contributed by atoms with Gasteiger partial charge in [0.2, 0.25) is 10.0 Å². The summed E-state index contributed by atoms with van der Waals surface area (Å²) in [6.45, 7) is 0. The van der Waals surface area contributed by atoms with E-state index in [1.54, 1.807) is 41.4 Å². The standard InChI is InChI=1S/C21H20N4O3S/c1-25-14-13-23-21(25)19(15-7-4-3-5-8-15)24-29(26,27)18-11-10-17(28-2)20-16(18)9-6-12-22-20/h3-14,19,24H,1-2H3/t19-/m1/s1. The van der Waals surface area contributed by atoms with Crippen molar-refractivity contribution in [2.75, 3.05) is 7.11 Å². The second kappa shape index (κ2) is 7.65.